The van der Waals surface area contributed by atoms with Gasteiger partial charge in [0.2, 0.25) is 0 Å². The van der Waals surface area contributed by atoms with Crippen LogP contribution in [0.25, 0.3) is 0 Å². The minimum atomic E-state index is -3.15. The van der Waals surface area contributed by atoms with E-state index in [9.17, 15) is 8.42 Å². The first-order valence-corrected chi connectivity index (χ1v) is 8.40. The number of sulfone groups is 1. The molecule has 0 aromatic heterocycles. The van der Waals surface area contributed by atoms with Gasteiger partial charge in [-0.2, -0.15) is 0 Å². The summed E-state index contributed by atoms with van der Waals surface area (Å²) in [7, 11) is -3.15. The molecular weight excluding hydrogens is 278 g/mol. The Balaban J connectivity index is 1.75. The molecule has 1 aliphatic rings. The summed E-state index contributed by atoms with van der Waals surface area (Å²) in [6.07, 6.45) is 2.25. The number of rotatable bonds is 5. The fraction of sp³-hybridized carbons (Fsp3) is 0.462. The Labute approximate surface area is 119 Å². The molecule has 0 saturated carbocycles. The third kappa shape index (κ3) is 4.41. The summed E-state index contributed by atoms with van der Waals surface area (Å²) >= 11 is 0. The molecule has 20 heavy (non-hydrogen) atoms. The van der Waals surface area contributed by atoms with Crippen LogP contribution in [0.3, 0.4) is 0 Å². The number of aliphatic imine (C=N–C) groups is 1. The van der Waals surface area contributed by atoms with Crippen molar-refractivity contribution in [2.24, 2.45) is 4.99 Å². The van der Waals surface area contributed by atoms with Crippen molar-refractivity contribution >= 4 is 15.8 Å². The first kappa shape index (κ1) is 14.6. The Hall–Kier alpha value is -1.76. The van der Waals surface area contributed by atoms with E-state index in [0.717, 1.165) is 25.5 Å². The average Bonchev–Trinajstić information content (AvgIpc) is 2.44. The molecule has 1 heterocycles. The van der Waals surface area contributed by atoms with Gasteiger partial charge in [0.05, 0.1) is 11.4 Å². The van der Waals surface area contributed by atoms with Crippen molar-refractivity contribution in [2.75, 3.05) is 32.5 Å². The molecule has 1 aromatic carbocycles. The molecule has 1 aromatic rings. The topological polar surface area (TPSA) is 79.8 Å². The number of guanidine groups is 1. The molecule has 0 radical (unpaired) electrons. The molecule has 0 bridgehead atoms. The molecule has 7 heteroatoms. The van der Waals surface area contributed by atoms with Crippen LogP contribution in [-0.2, 0) is 9.84 Å². The second-order valence-electron chi connectivity index (χ2n) is 4.53. The van der Waals surface area contributed by atoms with Gasteiger partial charge in [0.15, 0.2) is 15.8 Å². The van der Waals surface area contributed by atoms with E-state index in [4.69, 9.17) is 4.74 Å². The number of nitrogens with zero attached hydrogens (tertiary/aromatic N) is 1. The highest BCUT2D eigenvalue weighted by Gasteiger charge is 2.06. The predicted molar refractivity (Wildman–Crippen MR) is 78.0 cm³/mol. The Morgan fingerprint density at radius 1 is 1.35 bits per heavy atom. The van der Waals surface area contributed by atoms with Crippen molar-refractivity contribution in [2.45, 2.75) is 11.3 Å². The standard InChI is InChI=1S/C13H19N3O3S/c1-20(17,18)12-5-3-11(4-6-12)19-10-9-16-13-14-7-2-8-15-13/h3-6H,2,7-10H2,1H3,(H2,14,15,16). The van der Waals surface area contributed by atoms with E-state index in [1.807, 2.05) is 0 Å². The third-order valence-corrected chi connectivity index (χ3v) is 3.94. The normalized spacial score (nSPS) is 15.2. The van der Waals surface area contributed by atoms with E-state index < -0.39 is 9.84 Å². The van der Waals surface area contributed by atoms with Gasteiger partial charge in [-0.3, -0.25) is 4.99 Å². The highest BCUT2D eigenvalue weighted by molar-refractivity contribution is 7.90. The Bertz CT molecular complexity index is 567. The number of ether oxygens (including phenoxy) is 1. The van der Waals surface area contributed by atoms with Crippen LogP contribution < -0.4 is 15.4 Å². The van der Waals surface area contributed by atoms with Crippen molar-refractivity contribution < 1.29 is 13.2 Å². The lowest BCUT2D eigenvalue weighted by Crippen LogP contribution is -2.42. The van der Waals surface area contributed by atoms with Crippen molar-refractivity contribution in [3.63, 3.8) is 0 Å². The molecule has 0 amide bonds. The lowest BCUT2D eigenvalue weighted by atomic mass is 10.3. The highest BCUT2D eigenvalue weighted by atomic mass is 32.2. The maximum absolute atomic E-state index is 11.3. The van der Waals surface area contributed by atoms with Crippen molar-refractivity contribution in [3.8, 4) is 5.75 Å². The Kier molecular flexibility index (Phi) is 4.84. The predicted octanol–water partition coefficient (Wildman–Crippen LogP) is 0.408. The fourth-order valence-corrected chi connectivity index (χ4v) is 2.40. The molecule has 0 atom stereocenters. The number of nitrogens with one attached hydrogen (secondary N) is 2. The average molecular weight is 297 g/mol. The summed E-state index contributed by atoms with van der Waals surface area (Å²) in [4.78, 5) is 4.58. The zero-order valence-corrected chi connectivity index (χ0v) is 12.2. The number of hydrogen-bond acceptors (Lipinski definition) is 6. The summed E-state index contributed by atoms with van der Waals surface area (Å²) in [5, 5.41) is 6.30. The van der Waals surface area contributed by atoms with Crippen LogP contribution in [0.4, 0.5) is 0 Å². The summed E-state index contributed by atoms with van der Waals surface area (Å²) in [6, 6.07) is 6.41. The number of benzene rings is 1. The van der Waals surface area contributed by atoms with Crippen LogP contribution in [0.5, 0.6) is 5.75 Å². The van der Waals surface area contributed by atoms with Crippen LogP contribution >= 0.6 is 0 Å². The van der Waals surface area contributed by atoms with Gasteiger partial charge in [-0.25, -0.2) is 8.42 Å². The second kappa shape index (κ2) is 6.60. The lowest BCUT2D eigenvalue weighted by Gasteiger charge is -2.16. The van der Waals surface area contributed by atoms with Crippen molar-refractivity contribution in [3.05, 3.63) is 24.3 Å². The summed E-state index contributed by atoms with van der Waals surface area (Å²) < 4.78 is 28.1. The minimum Gasteiger partial charge on any atom is -0.492 e. The molecule has 110 valence electrons. The lowest BCUT2D eigenvalue weighted by molar-refractivity contribution is 0.321. The first-order valence-electron chi connectivity index (χ1n) is 6.51. The number of hydrogen-bond donors (Lipinski definition) is 2. The largest absolute Gasteiger partial charge is 0.492 e. The van der Waals surface area contributed by atoms with Gasteiger partial charge in [0, 0.05) is 19.3 Å². The van der Waals surface area contributed by atoms with Crippen LogP contribution in [0.2, 0.25) is 0 Å². The molecule has 0 saturated heterocycles. The summed E-state index contributed by atoms with van der Waals surface area (Å²) in [6.45, 7) is 2.92. The zero-order chi connectivity index (χ0) is 14.4. The highest BCUT2D eigenvalue weighted by Crippen LogP contribution is 2.15. The minimum absolute atomic E-state index is 0.295. The van der Waals surface area contributed by atoms with Crippen molar-refractivity contribution in [1.29, 1.82) is 0 Å². The van der Waals surface area contributed by atoms with Crippen LogP contribution in [-0.4, -0.2) is 46.9 Å². The molecular formula is C13H19N3O3S. The van der Waals surface area contributed by atoms with Gasteiger partial charge in [-0.05, 0) is 30.7 Å². The molecule has 2 N–H and O–H groups in total. The maximum Gasteiger partial charge on any atom is 0.191 e. The third-order valence-electron chi connectivity index (χ3n) is 2.81. The van der Waals surface area contributed by atoms with Gasteiger partial charge in [0.1, 0.15) is 12.4 Å². The molecule has 0 fully saturated rings. The molecule has 0 unspecified atom stereocenters. The molecule has 0 spiro atoms. The molecule has 0 aliphatic carbocycles. The van der Waals surface area contributed by atoms with E-state index in [1.165, 1.54) is 6.26 Å². The van der Waals surface area contributed by atoms with Crippen molar-refractivity contribution in [1.82, 2.24) is 10.6 Å². The van der Waals surface area contributed by atoms with Gasteiger partial charge in [-0.15, -0.1) is 0 Å². The molecule has 6 nitrogen and oxygen atoms in total. The van der Waals surface area contributed by atoms with Gasteiger partial charge in [0.25, 0.3) is 0 Å². The maximum atomic E-state index is 11.3. The van der Waals surface area contributed by atoms with E-state index in [1.54, 1.807) is 24.3 Å². The fourth-order valence-electron chi connectivity index (χ4n) is 1.77. The quantitative estimate of drug-likeness (QED) is 0.770. The Morgan fingerprint density at radius 2 is 2.10 bits per heavy atom. The summed E-state index contributed by atoms with van der Waals surface area (Å²) in [5.41, 5.74) is 0. The Morgan fingerprint density at radius 3 is 2.70 bits per heavy atom. The SMILES string of the molecule is CS(=O)(=O)c1ccc(OCCNC2=NCCCN2)cc1. The van der Waals surface area contributed by atoms with E-state index in [0.29, 0.717) is 23.8 Å². The van der Waals surface area contributed by atoms with Crippen LogP contribution in [0.1, 0.15) is 6.42 Å². The monoisotopic (exact) mass is 297 g/mol. The zero-order valence-electron chi connectivity index (χ0n) is 11.4. The summed E-state index contributed by atoms with van der Waals surface area (Å²) in [5.74, 6) is 1.46. The molecule has 2 rings (SSSR count). The van der Waals surface area contributed by atoms with E-state index in [-0.39, 0.29) is 0 Å². The van der Waals surface area contributed by atoms with Gasteiger partial charge < -0.3 is 15.4 Å². The van der Waals surface area contributed by atoms with E-state index >= 15 is 0 Å². The second-order valence-corrected chi connectivity index (χ2v) is 6.55. The molecule has 1 aliphatic heterocycles. The van der Waals surface area contributed by atoms with Crippen LogP contribution in [0.15, 0.2) is 34.2 Å². The van der Waals surface area contributed by atoms with Gasteiger partial charge >= 0.3 is 0 Å². The first-order chi connectivity index (χ1) is 9.55. The van der Waals surface area contributed by atoms with Gasteiger partial charge in [-0.1, -0.05) is 0 Å². The smallest absolute Gasteiger partial charge is 0.191 e. The van der Waals surface area contributed by atoms with E-state index in [2.05, 4.69) is 15.6 Å². The van der Waals surface area contributed by atoms with Crippen LogP contribution in [0, 0.1) is 0 Å².